The zero-order valence-corrected chi connectivity index (χ0v) is 14.8. The Kier molecular flexibility index (Phi) is 5.11. The zero-order valence-electron chi connectivity index (χ0n) is 14.1. The molecule has 2 aromatic carbocycles. The Hall–Kier alpha value is -2.64. The van der Waals surface area contributed by atoms with Gasteiger partial charge in [-0.25, -0.2) is 4.39 Å². The molecule has 5 heteroatoms. The van der Waals surface area contributed by atoms with Gasteiger partial charge in [0.05, 0.1) is 7.11 Å². The van der Waals surface area contributed by atoms with E-state index in [4.69, 9.17) is 22.8 Å². The topological polar surface area (TPSA) is 43.4 Å². The number of Topliss-reactive ketones (excluding diaryl/α,β-unsaturated/α-hetero) is 2. The highest BCUT2D eigenvalue weighted by atomic mass is 35.5. The van der Waals surface area contributed by atoms with E-state index in [2.05, 4.69) is 5.92 Å². The van der Waals surface area contributed by atoms with E-state index in [1.807, 2.05) is 0 Å². The van der Waals surface area contributed by atoms with E-state index in [-0.39, 0.29) is 35.2 Å². The van der Waals surface area contributed by atoms with Crippen molar-refractivity contribution in [1.29, 1.82) is 0 Å². The van der Waals surface area contributed by atoms with Crippen LogP contribution in [0.5, 0.6) is 5.75 Å². The molecule has 0 radical (unpaired) electrons. The van der Waals surface area contributed by atoms with Crippen LogP contribution in [0.2, 0.25) is 5.02 Å². The van der Waals surface area contributed by atoms with Crippen molar-refractivity contribution in [3.8, 4) is 29.2 Å². The molecule has 0 aromatic heterocycles. The van der Waals surface area contributed by atoms with E-state index in [1.54, 1.807) is 24.3 Å². The second-order valence-electron chi connectivity index (χ2n) is 6.19. The summed E-state index contributed by atoms with van der Waals surface area (Å²) in [5.74, 6) is 0.592. The Morgan fingerprint density at radius 2 is 1.92 bits per heavy atom. The lowest BCUT2D eigenvalue weighted by Gasteiger charge is -2.17. The molecule has 3 nitrogen and oxygen atoms in total. The maximum Gasteiger partial charge on any atom is 0.152 e. The predicted molar refractivity (Wildman–Crippen MR) is 97.7 cm³/mol. The molecule has 1 unspecified atom stereocenters. The summed E-state index contributed by atoms with van der Waals surface area (Å²) in [6.45, 7) is 0. The summed E-state index contributed by atoms with van der Waals surface area (Å²) in [5.41, 5.74) is 1.82. The second kappa shape index (κ2) is 7.31. The zero-order chi connectivity index (χ0) is 18.8. The van der Waals surface area contributed by atoms with Crippen LogP contribution >= 0.6 is 11.6 Å². The van der Waals surface area contributed by atoms with E-state index in [0.717, 1.165) is 5.56 Å². The average Bonchev–Trinajstić information content (AvgIpc) is 2.89. The molecule has 1 fully saturated rings. The number of carbonyl (C=O) groups is 2. The lowest BCUT2D eigenvalue weighted by Crippen LogP contribution is -2.16. The van der Waals surface area contributed by atoms with Gasteiger partial charge in [-0.1, -0.05) is 23.7 Å². The molecule has 132 valence electrons. The molecule has 0 spiro atoms. The minimum Gasteiger partial charge on any atom is -0.496 e. The number of benzene rings is 2. The van der Waals surface area contributed by atoms with E-state index in [9.17, 15) is 14.0 Å². The minimum atomic E-state index is -0.960. The van der Waals surface area contributed by atoms with Crippen molar-refractivity contribution in [3.63, 3.8) is 0 Å². The normalized spacial score (nSPS) is 19.5. The number of methoxy groups -OCH3 is 1. The van der Waals surface area contributed by atoms with E-state index in [1.165, 1.54) is 19.2 Å². The van der Waals surface area contributed by atoms with Crippen molar-refractivity contribution in [3.05, 3.63) is 52.8 Å². The standard InChI is InChI=1S/C21H16ClFO3/c1-3-4-13-10-17(24)20(21(13)25)19-16(22)9-14(11-18(19)26-2)12-5-7-15(23)8-6-12/h1,5-9,11,13,20H,4,10H2,2H3/t13-,20?/m1/s1. The first-order chi connectivity index (χ1) is 12.5. The van der Waals surface area contributed by atoms with Crippen LogP contribution in [-0.4, -0.2) is 18.7 Å². The van der Waals surface area contributed by atoms with Crippen LogP contribution in [0.1, 0.15) is 24.3 Å². The molecule has 0 amide bonds. The van der Waals surface area contributed by atoms with Crippen molar-refractivity contribution in [1.82, 2.24) is 0 Å². The SMILES string of the molecule is C#CC[C@@H]1CC(=O)C(c2c(Cl)cc(-c3ccc(F)cc3)cc2OC)C1=O. The van der Waals surface area contributed by atoms with Crippen molar-refractivity contribution in [2.24, 2.45) is 5.92 Å². The Bertz CT molecular complexity index is 912. The summed E-state index contributed by atoms with van der Waals surface area (Å²) in [6, 6.07) is 9.28. The van der Waals surface area contributed by atoms with Gasteiger partial charge in [0.1, 0.15) is 23.3 Å². The van der Waals surface area contributed by atoms with Crippen molar-refractivity contribution >= 4 is 23.2 Å². The van der Waals surface area contributed by atoms with Gasteiger partial charge in [0.25, 0.3) is 0 Å². The first-order valence-electron chi connectivity index (χ1n) is 8.09. The monoisotopic (exact) mass is 370 g/mol. The Balaban J connectivity index is 2.06. The minimum absolute atomic E-state index is 0.118. The fraction of sp³-hybridized carbons (Fsp3) is 0.238. The average molecular weight is 371 g/mol. The molecule has 2 atom stereocenters. The smallest absolute Gasteiger partial charge is 0.152 e. The number of rotatable bonds is 4. The molecule has 3 rings (SSSR count). The van der Waals surface area contributed by atoms with Gasteiger partial charge in [-0.3, -0.25) is 9.59 Å². The van der Waals surface area contributed by atoms with E-state index >= 15 is 0 Å². The molecular formula is C21H16ClFO3. The van der Waals surface area contributed by atoms with Crippen LogP contribution in [0, 0.1) is 24.1 Å². The maximum absolute atomic E-state index is 13.1. The van der Waals surface area contributed by atoms with Gasteiger partial charge in [-0.15, -0.1) is 12.3 Å². The summed E-state index contributed by atoms with van der Waals surface area (Å²) in [5, 5.41) is 0.261. The lowest BCUT2D eigenvalue weighted by atomic mass is 9.91. The molecule has 0 saturated heterocycles. The molecule has 0 aliphatic heterocycles. The molecule has 1 aliphatic rings. The van der Waals surface area contributed by atoms with Crippen LogP contribution in [0.15, 0.2) is 36.4 Å². The first kappa shape index (κ1) is 18.2. The number of hydrogen-bond donors (Lipinski definition) is 0. The Labute approximate surface area is 156 Å². The molecule has 26 heavy (non-hydrogen) atoms. The summed E-state index contributed by atoms with van der Waals surface area (Å²) in [6.07, 6.45) is 5.64. The lowest BCUT2D eigenvalue weighted by molar-refractivity contribution is -0.124. The molecule has 0 N–H and O–H groups in total. The van der Waals surface area contributed by atoms with Crippen molar-refractivity contribution in [2.45, 2.75) is 18.8 Å². The number of halogens is 2. The van der Waals surface area contributed by atoms with Gasteiger partial charge in [0.15, 0.2) is 5.78 Å². The maximum atomic E-state index is 13.1. The van der Waals surface area contributed by atoms with Gasteiger partial charge in [-0.2, -0.15) is 0 Å². The third kappa shape index (κ3) is 3.23. The highest BCUT2D eigenvalue weighted by Gasteiger charge is 2.43. The summed E-state index contributed by atoms with van der Waals surface area (Å²) >= 11 is 6.43. The number of terminal acetylenes is 1. The third-order valence-electron chi connectivity index (χ3n) is 4.60. The molecule has 2 aromatic rings. The fourth-order valence-electron chi connectivity index (χ4n) is 3.32. The van der Waals surface area contributed by atoms with Gasteiger partial charge in [0, 0.05) is 29.3 Å². The molecule has 1 aliphatic carbocycles. The van der Waals surface area contributed by atoms with Crippen LogP contribution in [-0.2, 0) is 9.59 Å². The van der Waals surface area contributed by atoms with E-state index in [0.29, 0.717) is 16.9 Å². The summed E-state index contributed by atoms with van der Waals surface area (Å²) in [7, 11) is 1.45. The van der Waals surface area contributed by atoms with E-state index < -0.39 is 11.8 Å². The molecule has 1 saturated carbocycles. The second-order valence-corrected chi connectivity index (χ2v) is 6.60. The first-order valence-corrected chi connectivity index (χ1v) is 8.47. The number of carbonyl (C=O) groups excluding carboxylic acids is 2. The van der Waals surface area contributed by atoms with Crippen molar-refractivity contribution in [2.75, 3.05) is 7.11 Å². The van der Waals surface area contributed by atoms with Crippen molar-refractivity contribution < 1.29 is 18.7 Å². The number of hydrogen-bond acceptors (Lipinski definition) is 3. The molecule has 0 bridgehead atoms. The highest BCUT2D eigenvalue weighted by molar-refractivity contribution is 6.33. The Morgan fingerprint density at radius 3 is 2.54 bits per heavy atom. The number of ketones is 2. The largest absolute Gasteiger partial charge is 0.496 e. The third-order valence-corrected chi connectivity index (χ3v) is 4.91. The van der Waals surface area contributed by atoms with Gasteiger partial charge in [-0.05, 0) is 35.4 Å². The van der Waals surface area contributed by atoms with Crippen LogP contribution in [0.25, 0.3) is 11.1 Å². The van der Waals surface area contributed by atoms with Gasteiger partial charge in [0.2, 0.25) is 0 Å². The van der Waals surface area contributed by atoms with Crippen LogP contribution in [0.4, 0.5) is 4.39 Å². The van der Waals surface area contributed by atoms with Crippen LogP contribution in [0.3, 0.4) is 0 Å². The summed E-state index contributed by atoms with van der Waals surface area (Å²) < 4.78 is 18.6. The van der Waals surface area contributed by atoms with Gasteiger partial charge >= 0.3 is 0 Å². The number of ether oxygens (including phenoxy) is 1. The molecule has 0 heterocycles. The predicted octanol–water partition coefficient (Wildman–Crippen LogP) is 4.42. The van der Waals surface area contributed by atoms with Crippen LogP contribution < -0.4 is 4.74 Å². The fourth-order valence-corrected chi connectivity index (χ4v) is 3.64. The highest BCUT2D eigenvalue weighted by Crippen LogP contribution is 2.43. The molecular weight excluding hydrogens is 355 g/mol. The van der Waals surface area contributed by atoms with Gasteiger partial charge < -0.3 is 4.74 Å². The quantitative estimate of drug-likeness (QED) is 0.591. The summed E-state index contributed by atoms with van der Waals surface area (Å²) in [4.78, 5) is 25.1. The Morgan fingerprint density at radius 1 is 1.23 bits per heavy atom.